The highest BCUT2D eigenvalue weighted by molar-refractivity contribution is 6.00. The van der Waals surface area contributed by atoms with Crippen LogP contribution >= 0.6 is 0 Å². The van der Waals surface area contributed by atoms with Gasteiger partial charge in [-0.25, -0.2) is 0 Å². The summed E-state index contributed by atoms with van der Waals surface area (Å²) in [4.78, 5) is 42.1. The number of para-hydroxylation sites is 1. The number of fused-ring (bicyclic) bond motifs is 1. The summed E-state index contributed by atoms with van der Waals surface area (Å²) in [6, 6.07) is 9.11. The zero-order valence-electron chi connectivity index (χ0n) is 18.8. The molecule has 1 fully saturated rings. The summed E-state index contributed by atoms with van der Waals surface area (Å²) in [5.41, 5.74) is 1.43. The molecule has 0 atom stereocenters. The number of carbonyl (C=O) groups is 2. The molecule has 0 bridgehead atoms. The summed E-state index contributed by atoms with van der Waals surface area (Å²) in [5, 5.41) is 4.52. The largest absolute Gasteiger partial charge is 0.383 e. The quantitative estimate of drug-likeness (QED) is 0.523. The van der Waals surface area contributed by atoms with E-state index in [0.29, 0.717) is 61.8 Å². The van der Waals surface area contributed by atoms with Gasteiger partial charge in [0.05, 0.1) is 23.4 Å². The van der Waals surface area contributed by atoms with E-state index in [9.17, 15) is 14.4 Å². The number of methoxy groups -OCH3 is 2. The Morgan fingerprint density at radius 3 is 2.33 bits per heavy atom. The fourth-order valence-electron chi connectivity index (χ4n) is 3.93. The lowest BCUT2D eigenvalue weighted by Gasteiger charge is -2.35. The molecule has 174 valence electrons. The Morgan fingerprint density at radius 2 is 1.67 bits per heavy atom. The maximum atomic E-state index is 13.5. The lowest BCUT2D eigenvalue weighted by molar-refractivity contribution is -0.136. The first kappa shape index (κ1) is 22.7. The molecule has 0 saturated carbocycles. The molecule has 3 aliphatic heterocycles. The van der Waals surface area contributed by atoms with Crippen LogP contribution in [-0.2, 0) is 20.8 Å². The monoisotopic (exact) mass is 453 g/mol. The van der Waals surface area contributed by atoms with E-state index >= 15 is 0 Å². The molecule has 0 spiro atoms. The van der Waals surface area contributed by atoms with Crippen molar-refractivity contribution in [3.05, 3.63) is 58.6 Å². The van der Waals surface area contributed by atoms with Crippen LogP contribution in [0.1, 0.15) is 10.4 Å². The maximum absolute atomic E-state index is 13.5. The maximum Gasteiger partial charge on any atom is 0.282 e. The molecule has 3 aliphatic rings. The Bertz CT molecular complexity index is 1150. The number of amides is 2. The van der Waals surface area contributed by atoms with Gasteiger partial charge in [-0.15, -0.1) is 0 Å². The fourth-order valence-corrected chi connectivity index (χ4v) is 3.93. The summed E-state index contributed by atoms with van der Waals surface area (Å²) >= 11 is 0. The summed E-state index contributed by atoms with van der Waals surface area (Å²) in [6.45, 7) is 2.60. The third-order valence-corrected chi connectivity index (χ3v) is 5.70. The van der Waals surface area contributed by atoms with Crippen LogP contribution in [0.3, 0.4) is 0 Å². The first-order chi connectivity index (χ1) is 16.0. The van der Waals surface area contributed by atoms with Gasteiger partial charge in [0.2, 0.25) is 5.91 Å². The zero-order chi connectivity index (χ0) is 23.4. The van der Waals surface area contributed by atoms with Crippen molar-refractivity contribution >= 4 is 11.8 Å². The van der Waals surface area contributed by atoms with Gasteiger partial charge in [0.1, 0.15) is 12.3 Å². The van der Waals surface area contributed by atoms with E-state index in [2.05, 4.69) is 5.10 Å². The molecule has 0 radical (unpaired) electrons. The predicted molar refractivity (Wildman–Crippen MR) is 121 cm³/mol. The zero-order valence-corrected chi connectivity index (χ0v) is 18.8. The van der Waals surface area contributed by atoms with Crippen molar-refractivity contribution in [3.8, 4) is 16.9 Å². The number of rotatable bonds is 7. The SMILES string of the molecule is COCCn1cc(C(=O)N2CCN(C(=O)COC)CC2)c2nn(-c3ccccc3)c(=O)c-2c1. The Morgan fingerprint density at radius 1 is 0.970 bits per heavy atom. The van der Waals surface area contributed by atoms with Crippen LogP contribution in [0.2, 0.25) is 0 Å². The molecular formula is C23H27N5O5. The number of hydrogen-bond acceptors (Lipinski definition) is 6. The number of ether oxygens (including phenoxy) is 2. The van der Waals surface area contributed by atoms with Crippen molar-refractivity contribution in [2.45, 2.75) is 6.54 Å². The highest BCUT2D eigenvalue weighted by atomic mass is 16.5. The second-order valence-corrected chi connectivity index (χ2v) is 7.82. The Hall–Kier alpha value is -3.50. The minimum absolute atomic E-state index is 0.0238. The molecule has 10 heteroatoms. The normalized spacial score (nSPS) is 14.1. The highest BCUT2D eigenvalue weighted by Crippen LogP contribution is 2.24. The van der Waals surface area contributed by atoms with Gasteiger partial charge in [0.25, 0.3) is 11.5 Å². The Kier molecular flexibility index (Phi) is 6.85. The van der Waals surface area contributed by atoms with Gasteiger partial charge in [0.15, 0.2) is 0 Å². The van der Waals surface area contributed by atoms with Crippen molar-refractivity contribution in [2.75, 3.05) is 53.6 Å². The molecule has 1 aromatic rings. The minimum atomic E-state index is -0.285. The lowest BCUT2D eigenvalue weighted by atomic mass is 10.1. The van der Waals surface area contributed by atoms with E-state index < -0.39 is 0 Å². The van der Waals surface area contributed by atoms with Crippen LogP contribution < -0.4 is 5.56 Å². The number of nitrogens with zero attached hydrogens (tertiary/aromatic N) is 5. The predicted octanol–water partition coefficient (Wildman–Crippen LogP) is 0.716. The van der Waals surface area contributed by atoms with Gasteiger partial charge >= 0.3 is 0 Å². The molecule has 1 saturated heterocycles. The molecule has 0 aromatic heterocycles. The average Bonchev–Trinajstić information content (AvgIpc) is 3.19. The second kappa shape index (κ2) is 9.97. The van der Waals surface area contributed by atoms with Gasteiger partial charge in [-0.1, -0.05) is 18.2 Å². The van der Waals surface area contributed by atoms with Gasteiger partial charge in [0, 0.05) is 59.3 Å². The van der Waals surface area contributed by atoms with Crippen LogP contribution in [0.4, 0.5) is 0 Å². The molecule has 2 amide bonds. The van der Waals surface area contributed by atoms with E-state index in [4.69, 9.17) is 9.47 Å². The number of pyridine rings is 1. The van der Waals surface area contributed by atoms with Crippen LogP contribution in [0.5, 0.6) is 0 Å². The highest BCUT2D eigenvalue weighted by Gasteiger charge is 2.30. The molecular weight excluding hydrogens is 426 g/mol. The van der Waals surface area contributed by atoms with Crippen LogP contribution in [0.25, 0.3) is 16.9 Å². The van der Waals surface area contributed by atoms with Gasteiger partial charge in [-0.2, -0.15) is 9.78 Å². The van der Waals surface area contributed by atoms with E-state index in [1.807, 2.05) is 18.2 Å². The van der Waals surface area contributed by atoms with Crippen molar-refractivity contribution < 1.29 is 19.1 Å². The third kappa shape index (κ3) is 4.67. The van der Waals surface area contributed by atoms with Crippen LogP contribution in [-0.4, -0.2) is 89.6 Å². The van der Waals surface area contributed by atoms with Crippen molar-refractivity contribution in [1.29, 1.82) is 0 Å². The topological polar surface area (TPSA) is 98.9 Å². The van der Waals surface area contributed by atoms with E-state index in [1.54, 1.807) is 46.0 Å². The van der Waals surface area contributed by atoms with Crippen molar-refractivity contribution in [3.63, 3.8) is 0 Å². The standard InChI is InChI=1S/C23H27N5O5/c1-32-13-12-25-14-18(22(30)27-10-8-26(9-11-27)20(29)16-33-2)21-19(15-25)23(31)28(24-21)17-6-4-3-5-7-17/h3-7,14-15H,8-13,16H2,1-2H3. The minimum Gasteiger partial charge on any atom is -0.383 e. The molecule has 1 aromatic carbocycles. The van der Waals surface area contributed by atoms with Gasteiger partial charge < -0.3 is 23.8 Å². The van der Waals surface area contributed by atoms with Crippen molar-refractivity contribution in [1.82, 2.24) is 24.1 Å². The average molecular weight is 453 g/mol. The molecule has 4 rings (SSSR count). The summed E-state index contributed by atoms with van der Waals surface area (Å²) in [5.74, 6) is -0.315. The number of hydrogen-bond donors (Lipinski definition) is 0. The lowest BCUT2D eigenvalue weighted by Crippen LogP contribution is -2.51. The number of carbonyl (C=O) groups excluding carboxylic acids is 2. The summed E-state index contributed by atoms with van der Waals surface area (Å²) in [6.07, 6.45) is 3.43. The van der Waals surface area contributed by atoms with Crippen LogP contribution in [0, 0.1) is 0 Å². The molecule has 0 N–H and O–H groups in total. The van der Waals surface area contributed by atoms with Gasteiger partial charge in [-0.05, 0) is 12.1 Å². The Balaban J connectivity index is 1.68. The summed E-state index contributed by atoms with van der Waals surface area (Å²) < 4.78 is 13.2. The van der Waals surface area contributed by atoms with E-state index in [0.717, 1.165) is 0 Å². The fraction of sp³-hybridized carbons (Fsp3) is 0.391. The van der Waals surface area contributed by atoms with Crippen LogP contribution in [0.15, 0.2) is 47.5 Å². The number of aromatic nitrogens is 3. The smallest absolute Gasteiger partial charge is 0.282 e. The molecule has 3 heterocycles. The molecule has 0 aliphatic carbocycles. The molecule has 0 unspecified atom stereocenters. The van der Waals surface area contributed by atoms with Gasteiger partial charge in [-0.3, -0.25) is 14.4 Å². The number of piperazine rings is 1. The summed E-state index contributed by atoms with van der Waals surface area (Å²) in [7, 11) is 3.08. The molecule has 33 heavy (non-hydrogen) atoms. The second-order valence-electron chi connectivity index (χ2n) is 7.82. The Labute approximate surface area is 191 Å². The number of benzene rings is 1. The first-order valence-corrected chi connectivity index (χ1v) is 10.8. The van der Waals surface area contributed by atoms with Crippen molar-refractivity contribution in [2.24, 2.45) is 0 Å². The molecule has 10 nitrogen and oxygen atoms in total. The van der Waals surface area contributed by atoms with E-state index in [1.165, 1.54) is 11.8 Å². The van der Waals surface area contributed by atoms with E-state index in [-0.39, 0.29) is 24.0 Å². The first-order valence-electron chi connectivity index (χ1n) is 10.8. The third-order valence-electron chi connectivity index (χ3n) is 5.70.